The molecule has 0 aliphatic rings. The summed E-state index contributed by atoms with van der Waals surface area (Å²) in [6.45, 7) is 0. The SMILES string of the molecule is CSCCCC(O)c1cscc1Br. The van der Waals surface area contributed by atoms with Crippen LogP contribution >= 0.6 is 39.0 Å². The topological polar surface area (TPSA) is 20.2 Å². The summed E-state index contributed by atoms with van der Waals surface area (Å²) in [5, 5.41) is 13.8. The quantitative estimate of drug-likeness (QED) is 0.831. The Morgan fingerprint density at radius 2 is 2.38 bits per heavy atom. The Balaban J connectivity index is 2.39. The van der Waals surface area contributed by atoms with Gasteiger partial charge in [0.1, 0.15) is 0 Å². The van der Waals surface area contributed by atoms with Crippen LogP contribution in [0.2, 0.25) is 0 Å². The molecule has 0 aromatic carbocycles. The van der Waals surface area contributed by atoms with Crippen molar-refractivity contribution in [2.45, 2.75) is 18.9 Å². The van der Waals surface area contributed by atoms with Crippen LogP contribution in [0.3, 0.4) is 0 Å². The van der Waals surface area contributed by atoms with Crippen LogP contribution in [0, 0.1) is 0 Å². The van der Waals surface area contributed by atoms with Gasteiger partial charge in [-0.05, 0) is 46.2 Å². The Labute approximate surface area is 95.7 Å². The van der Waals surface area contributed by atoms with Gasteiger partial charge in [0.05, 0.1) is 6.10 Å². The van der Waals surface area contributed by atoms with Gasteiger partial charge in [-0.3, -0.25) is 0 Å². The lowest BCUT2D eigenvalue weighted by molar-refractivity contribution is 0.166. The molecular formula is C9H13BrOS2. The summed E-state index contributed by atoms with van der Waals surface area (Å²) in [6.07, 6.45) is 3.72. The van der Waals surface area contributed by atoms with Crippen LogP contribution in [0.4, 0.5) is 0 Å². The molecule has 1 nitrogen and oxygen atoms in total. The lowest BCUT2D eigenvalue weighted by Gasteiger charge is -2.08. The lowest BCUT2D eigenvalue weighted by Crippen LogP contribution is -1.96. The van der Waals surface area contributed by atoms with Crippen LogP contribution in [0.25, 0.3) is 0 Å². The molecule has 1 rings (SSSR count). The average Bonchev–Trinajstić information content (AvgIpc) is 2.52. The molecule has 1 atom stereocenters. The minimum Gasteiger partial charge on any atom is -0.388 e. The molecule has 1 aromatic rings. The van der Waals surface area contributed by atoms with E-state index in [2.05, 4.69) is 22.2 Å². The third-order valence-corrected chi connectivity index (χ3v) is 4.28. The van der Waals surface area contributed by atoms with Gasteiger partial charge in [0.25, 0.3) is 0 Å². The normalized spacial score (nSPS) is 13.2. The maximum absolute atomic E-state index is 9.78. The maximum Gasteiger partial charge on any atom is 0.0809 e. The van der Waals surface area contributed by atoms with Crippen molar-refractivity contribution in [2.24, 2.45) is 0 Å². The van der Waals surface area contributed by atoms with Crippen LogP contribution in [0.1, 0.15) is 24.5 Å². The van der Waals surface area contributed by atoms with Gasteiger partial charge in [-0.2, -0.15) is 23.1 Å². The van der Waals surface area contributed by atoms with Gasteiger partial charge in [0.2, 0.25) is 0 Å². The van der Waals surface area contributed by atoms with Crippen molar-refractivity contribution in [3.05, 3.63) is 20.8 Å². The molecule has 0 saturated carbocycles. The van der Waals surface area contributed by atoms with Crippen molar-refractivity contribution in [1.29, 1.82) is 0 Å². The Hall–Kier alpha value is 0.490. The number of aliphatic hydroxyl groups excluding tert-OH is 1. The second-order valence-corrected chi connectivity index (χ2v) is 5.41. The first kappa shape index (κ1) is 11.6. The van der Waals surface area contributed by atoms with Crippen molar-refractivity contribution in [2.75, 3.05) is 12.0 Å². The van der Waals surface area contributed by atoms with Crippen molar-refractivity contribution < 1.29 is 5.11 Å². The highest BCUT2D eigenvalue weighted by Crippen LogP contribution is 2.29. The monoisotopic (exact) mass is 280 g/mol. The largest absolute Gasteiger partial charge is 0.388 e. The van der Waals surface area contributed by atoms with Crippen molar-refractivity contribution >= 4 is 39.0 Å². The van der Waals surface area contributed by atoms with Gasteiger partial charge in [-0.1, -0.05) is 0 Å². The number of thioether (sulfide) groups is 1. The van der Waals surface area contributed by atoms with Crippen LogP contribution in [0.15, 0.2) is 15.2 Å². The Morgan fingerprint density at radius 3 is 2.92 bits per heavy atom. The molecule has 1 N–H and O–H groups in total. The number of thiophene rings is 1. The van der Waals surface area contributed by atoms with E-state index in [-0.39, 0.29) is 6.10 Å². The van der Waals surface area contributed by atoms with E-state index in [0.29, 0.717) is 0 Å². The summed E-state index contributed by atoms with van der Waals surface area (Å²) in [5.74, 6) is 1.12. The third-order valence-electron chi connectivity index (χ3n) is 1.83. The molecule has 0 fully saturated rings. The molecule has 1 unspecified atom stereocenters. The predicted molar refractivity (Wildman–Crippen MR) is 64.6 cm³/mol. The maximum atomic E-state index is 9.78. The molecule has 0 aliphatic carbocycles. The standard InChI is InChI=1S/C9H13BrOS2/c1-12-4-2-3-9(11)7-5-13-6-8(7)10/h5-6,9,11H,2-4H2,1H3. The minimum absolute atomic E-state index is 0.298. The highest BCUT2D eigenvalue weighted by Gasteiger charge is 2.11. The number of aliphatic hydroxyl groups is 1. The van der Waals surface area contributed by atoms with E-state index in [0.717, 1.165) is 28.6 Å². The van der Waals surface area contributed by atoms with Crippen LogP contribution in [0.5, 0.6) is 0 Å². The molecule has 74 valence electrons. The van der Waals surface area contributed by atoms with E-state index >= 15 is 0 Å². The molecule has 4 heteroatoms. The van der Waals surface area contributed by atoms with Gasteiger partial charge in [0, 0.05) is 15.4 Å². The molecule has 0 aliphatic heterocycles. The molecule has 1 aromatic heterocycles. The Bertz CT molecular complexity index is 250. The van der Waals surface area contributed by atoms with Gasteiger partial charge in [0.15, 0.2) is 0 Å². The first-order valence-electron chi connectivity index (χ1n) is 4.14. The number of hydrogen-bond acceptors (Lipinski definition) is 3. The summed E-state index contributed by atoms with van der Waals surface area (Å²) in [7, 11) is 0. The highest BCUT2D eigenvalue weighted by molar-refractivity contribution is 9.10. The summed E-state index contributed by atoms with van der Waals surface area (Å²) < 4.78 is 1.04. The molecule has 0 radical (unpaired) electrons. The second-order valence-electron chi connectivity index (χ2n) is 2.83. The van der Waals surface area contributed by atoms with Gasteiger partial charge in [-0.25, -0.2) is 0 Å². The summed E-state index contributed by atoms with van der Waals surface area (Å²) in [5.41, 5.74) is 1.03. The average molecular weight is 281 g/mol. The van der Waals surface area contributed by atoms with Crippen molar-refractivity contribution in [3.63, 3.8) is 0 Å². The third kappa shape index (κ3) is 3.62. The zero-order valence-corrected chi connectivity index (χ0v) is 10.7. The van der Waals surface area contributed by atoms with Crippen molar-refractivity contribution in [1.82, 2.24) is 0 Å². The lowest BCUT2D eigenvalue weighted by atomic mass is 10.1. The fourth-order valence-corrected chi connectivity index (χ4v) is 3.17. The van der Waals surface area contributed by atoms with Crippen LogP contribution in [-0.2, 0) is 0 Å². The number of halogens is 1. The van der Waals surface area contributed by atoms with E-state index in [9.17, 15) is 5.11 Å². The first-order valence-corrected chi connectivity index (χ1v) is 7.27. The number of hydrogen-bond donors (Lipinski definition) is 1. The molecule has 0 saturated heterocycles. The van der Waals surface area contributed by atoms with E-state index in [1.165, 1.54) is 0 Å². The molecule has 0 bridgehead atoms. The second kappa shape index (κ2) is 6.06. The molecule has 0 amide bonds. The zero-order chi connectivity index (χ0) is 9.68. The minimum atomic E-state index is -0.298. The van der Waals surface area contributed by atoms with Crippen LogP contribution < -0.4 is 0 Å². The van der Waals surface area contributed by atoms with E-state index in [4.69, 9.17) is 0 Å². The van der Waals surface area contributed by atoms with E-state index in [1.807, 2.05) is 22.5 Å². The summed E-state index contributed by atoms with van der Waals surface area (Å²) >= 11 is 6.87. The summed E-state index contributed by atoms with van der Waals surface area (Å²) in [6, 6.07) is 0. The van der Waals surface area contributed by atoms with Crippen molar-refractivity contribution in [3.8, 4) is 0 Å². The fourth-order valence-electron chi connectivity index (χ4n) is 1.11. The Kier molecular flexibility index (Phi) is 5.39. The van der Waals surface area contributed by atoms with Gasteiger partial charge >= 0.3 is 0 Å². The van der Waals surface area contributed by atoms with E-state index < -0.39 is 0 Å². The number of rotatable bonds is 5. The zero-order valence-electron chi connectivity index (χ0n) is 7.50. The van der Waals surface area contributed by atoms with Crippen LogP contribution in [-0.4, -0.2) is 17.1 Å². The van der Waals surface area contributed by atoms with E-state index in [1.54, 1.807) is 11.3 Å². The van der Waals surface area contributed by atoms with Gasteiger partial charge in [-0.15, -0.1) is 0 Å². The summed E-state index contributed by atoms with van der Waals surface area (Å²) in [4.78, 5) is 0. The molecule has 13 heavy (non-hydrogen) atoms. The fraction of sp³-hybridized carbons (Fsp3) is 0.556. The highest BCUT2D eigenvalue weighted by atomic mass is 79.9. The first-order chi connectivity index (χ1) is 6.25. The van der Waals surface area contributed by atoms with Gasteiger partial charge < -0.3 is 5.11 Å². The Morgan fingerprint density at radius 1 is 1.62 bits per heavy atom. The smallest absolute Gasteiger partial charge is 0.0809 e. The predicted octanol–water partition coefficient (Wildman–Crippen LogP) is 3.69. The molecule has 1 heterocycles. The molecular weight excluding hydrogens is 268 g/mol. The molecule has 0 spiro atoms.